The third-order valence-electron chi connectivity index (χ3n) is 2.63. The van der Waals surface area contributed by atoms with Gasteiger partial charge in [0.05, 0.1) is 25.7 Å². The molecular formula is C13H17BrO5. The summed E-state index contributed by atoms with van der Waals surface area (Å²) in [5.41, 5.74) is 1.03. The van der Waals surface area contributed by atoms with Crippen LogP contribution in [0.2, 0.25) is 0 Å². The van der Waals surface area contributed by atoms with Crippen molar-refractivity contribution >= 4 is 21.9 Å². The first-order valence-corrected chi connectivity index (χ1v) is 6.69. The second-order valence-corrected chi connectivity index (χ2v) is 4.88. The summed E-state index contributed by atoms with van der Waals surface area (Å²) in [6, 6.07) is 4.85. The number of aliphatic hydroxyl groups excluding tert-OH is 3. The van der Waals surface area contributed by atoms with E-state index in [9.17, 15) is 15.0 Å². The first-order valence-electron chi connectivity index (χ1n) is 5.90. The number of rotatable bonds is 6. The molecule has 0 spiro atoms. The molecule has 0 amide bonds. The van der Waals surface area contributed by atoms with Gasteiger partial charge in [-0.25, -0.2) is 0 Å². The number of aliphatic hydroxyl groups is 3. The molecule has 2 unspecified atom stereocenters. The van der Waals surface area contributed by atoms with Gasteiger partial charge in [-0.15, -0.1) is 0 Å². The van der Waals surface area contributed by atoms with Gasteiger partial charge in [0, 0.05) is 4.47 Å². The van der Waals surface area contributed by atoms with Crippen LogP contribution in [0.15, 0.2) is 22.7 Å². The van der Waals surface area contributed by atoms with E-state index in [0.717, 1.165) is 0 Å². The molecule has 0 saturated carbocycles. The molecule has 3 N–H and O–H groups in total. The molecule has 0 saturated heterocycles. The SMILES string of the molecule is CCOC(=O)CC(O)C(O)c1ccc(Br)c(CO)c1. The Balaban J connectivity index is 2.76. The monoisotopic (exact) mass is 332 g/mol. The molecule has 0 aliphatic heterocycles. The Morgan fingerprint density at radius 1 is 1.42 bits per heavy atom. The van der Waals surface area contributed by atoms with E-state index in [0.29, 0.717) is 15.6 Å². The van der Waals surface area contributed by atoms with Crippen molar-refractivity contribution in [3.05, 3.63) is 33.8 Å². The molecule has 0 bridgehead atoms. The van der Waals surface area contributed by atoms with Crippen LogP contribution in [-0.2, 0) is 16.1 Å². The van der Waals surface area contributed by atoms with Crippen LogP contribution in [0.4, 0.5) is 0 Å². The average molecular weight is 333 g/mol. The summed E-state index contributed by atoms with van der Waals surface area (Å²) in [6.45, 7) is 1.71. The lowest BCUT2D eigenvalue weighted by molar-refractivity contribution is -0.147. The third kappa shape index (κ3) is 4.58. The van der Waals surface area contributed by atoms with Gasteiger partial charge in [0.1, 0.15) is 6.10 Å². The van der Waals surface area contributed by atoms with Gasteiger partial charge >= 0.3 is 5.97 Å². The number of esters is 1. The van der Waals surface area contributed by atoms with Gasteiger partial charge in [0.2, 0.25) is 0 Å². The minimum absolute atomic E-state index is 0.185. The van der Waals surface area contributed by atoms with E-state index in [1.165, 1.54) is 0 Å². The highest BCUT2D eigenvalue weighted by Crippen LogP contribution is 2.25. The van der Waals surface area contributed by atoms with E-state index in [-0.39, 0.29) is 19.6 Å². The molecule has 19 heavy (non-hydrogen) atoms. The number of ether oxygens (including phenoxy) is 1. The lowest BCUT2D eigenvalue weighted by atomic mass is 10.0. The van der Waals surface area contributed by atoms with Crippen LogP contribution in [0, 0.1) is 0 Å². The number of benzene rings is 1. The highest BCUT2D eigenvalue weighted by molar-refractivity contribution is 9.10. The Labute approximate surface area is 120 Å². The number of halogens is 1. The summed E-state index contributed by atoms with van der Waals surface area (Å²) in [6.07, 6.45) is -2.73. The van der Waals surface area contributed by atoms with Crippen molar-refractivity contribution in [1.82, 2.24) is 0 Å². The van der Waals surface area contributed by atoms with E-state index in [1.54, 1.807) is 25.1 Å². The zero-order valence-corrected chi connectivity index (χ0v) is 12.1. The quantitative estimate of drug-likeness (QED) is 0.683. The highest BCUT2D eigenvalue weighted by Gasteiger charge is 2.22. The van der Waals surface area contributed by atoms with Crippen molar-refractivity contribution in [2.75, 3.05) is 6.61 Å². The first kappa shape index (κ1) is 16.1. The van der Waals surface area contributed by atoms with Gasteiger partial charge in [-0.3, -0.25) is 4.79 Å². The topological polar surface area (TPSA) is 87.0 Å². The van der Waals surface area contributed by atoms with Crippen molar-refractivity contribution < 1.29 is 24.9 Å². The van der Waals surface area contributed by atoms with Crippen LogP contribution in [0.5, 0.6) is 0 Å². The van der Waals surface area contributed by atoms with E-state index in [4.69, 9.17) is 9.84 Å². The second kappa shape index (κ2) is 7.59. The number of carbonyl (C=O) groups is 1. The normalized spacial score (nSPS) is 13.9. The highest BCUT2D eigenvalue weighted by atomic mass is 79.9. The molecule has 0 aromatic heterocycles. The maximum atomic E-state index is 11.2. The van der Waals surface area contributed by atoms with Crippen molar-refractivity contribution in [3.63, 3.8) is 0 Å². The zero-order valence-electron chi connectivity index (χ0n) is 10.5. The Bertz CT molecular complexity index is 435. The Hall–Kier alpha value is -0.950. The molecule has 5 nitrogen and oxygen atoms in total. The van der Waals surface area contributed by atoms with Crippen LogP contribution in [-0.4, -0.2) is 34.0 Å². The van der Waals surface area contributed by atoms with Crippen LogP contribution in [0.3, 0.4) is 0 Å². The molecule has 2 atom stereocenters. The number of hydrogen-bond acceptors (Lipinski definition) is 5. The smallest absolute Gasteiger partial charge is 0.308 e. The van der Waals surface area contributed by atoms with E-state index >= 15 is 0 Å². The van der Waals surface area contributed by atoms with Gasteiger partial charge in [-0.1, -0.05) is 22.0 Å². The molecule has 0 aliphatic rings. The van der Waals surface area contributed by atoms with Crippen molar-refractivity contribution in [1.29, 1.82) is 0 Å². The zero-order chi connectivity index (χ0) is 14.4. The summed E-state index contributed by atoms with van der Waals surface area (Å²) in [7, 11) is 0. The summed E-state index contributed by atoms with van der Waals surface area (Å²) in [4.78, 5) is 11.2. The van der Waals surface area contributed by atoms with Crippen LogP contribution < -0.4 is 0 Å². The van der Waals surface area contributed by atoms with Gasteiger partial charge in [0.15, 0.2) is 0 Å². The van der Waals surface area contributed by atoms with Crippen molar-refractivity contribution in [3.8, 4) is 0 Å². The molecule has 1 aromatic carbocycles. The number of hydrogen-bond donors (Lipinski definition) is 3. The third-order valence-corrected chi connectivity index (χ3v) is 3.40. The summed E-state index contributed by atoms with van der Waals surface area (Å²) in [5.74, 6) is -0.562. The predicted molar refractivity (Wildman–Crippen MR) is 72.3 cm³/mol. The minimum atomic E-state index is -1.24. The van der Waals surface area contributed by atoms with E-state index in [2.05, 4.69) is 15.9 Å². The molecular weight excluding hydrogens is 316 g/mol. The maximum absolute atomic E-state index is 11.2. The predicted octanol–water partition coefficient (Wildman–Crippen LogP) is 1.29. The largest absolute Gasteiger partial charge is 0.466 e. The lowest BCUT2D eigenvalue weighted by Crippen LogP contribution is -2.23. The Kier molecular flexibility index (Phi) is 6.44. The fourth-order valence-electron chi connectivity index (χ4n) is 1.62. The molecule has 6 heteroatoms. The van der Waals surface area contributed by atoms with E-state index < -0.39 is 18.2 Å². The van der Waals surface area contributed by atoms with Crippen LogP contribution in [0.1, 0.15) is 30.6 Å². The van der Waals surface area contributed by atoms with Crippen molar-refractivity contribution in [2.24, 2.45) is 0 Å². The molecule has 106 valence electrons. The Morgan fingerprint density at radius 3 is 2.68 bits per heavy atom. The van der Waals surface area contributed by atoms with Crippen LogP contribution in [0.25, 0.3) is 0 Å². The molecule has 0 heterocycles. The molecule has 0 aliphatic carbocycles. The fourth-order valence-corrected chi connectivity index (χ4v) is 2.00. The van der Waals surface area contributed by atoms with Gasteiger partial charge in [-0.05, 0) is 30.2 Å². The average Bonchev–Trinajstić information content (AvgIpc) is 2.38. The summed E-state index contributed by atoms with van der Waals surface area (Å²) >= 11 is 3.26. The van der Waals surface area contributed by atoms with E-state index in [1.807, 2.05) is 0 Å². The number of carbonyl (C=O) groups excluding carboxylic acids is 1. The van der Waals surface area contributed by atoms with Gasteiger partial charge in [-0.2, -0.15) is 0 Å². The molecule has 0 radical (unpaired) electrons. The fraction of sp³-hybridized carbons (Fsp3) is 0.462. The lowest BCUT2D eigenvalue weighted by Gasteiger charge is -2.18. The Morgan fingerprint density at radius 2 is 2.11 bits per heavy atom. The molecule has 1 aromatic rings. The van der Waals surface area contributed by atoms with Crippen molar-refractivity contribution in [2.45, 2.75) is 32.2 Å². The summed E-state index contributed by atoms with van der Waals surface area (Å²) < 4.78 is 5.42. The standard InChI is InChI=1S/C13H17BrO5/c1-2-19-12(17)6-11(16)13(18)8-3-4-10(14)9(5-8)7-15/h3-5,11,13,15-16,18H,2,6-7H2,1H3. The van der Waals surface area contributed by atoms with Gasteiger partial charge < -0.3 is 20.1 Å². The minimum Gasteiger partial charge on any atom is -0.466 e. The molecule has 1 rings (SSSR count). The van der Waals surface area contributed by atoms with Gasteiger partial charge in [0.25, 0.3) is 0 Å². The maximum Gasteiger partial charge on any atom is 0.308 e. The summed E-state index contributed by atoms with van der Waals surface area (Å²) in [5, 5.41) is 28.9. The van der Waals surface area contributed by atoms with Crippen LogP contribution >= 0.6 is 15.9 Å². The molecule has 0 fully saturated rings. The first-order chi connectivity index (χ1) is 8.99. The second-order valence-electron chi connectivity index (χ2n) is 4.03.